The van der Waals surface area contributed by atoms with Crippen LogP contribution in [0.2, 0.25) is 0 Å². The van der Waals surface area contributed by atoms with Crippen molar-refractivity contribution in [1.29, 1.82) is 0 Å². The van der Waals surface area contributed by atoms with Crippen LogP contribution in [0.1, 0.15) is 52.4 Å². The van der Waals surface area contributed by atoms with Gasteiger partial charge in [0.1, 0.15) is 0 Å². The van der Waals surface area contributed by atoms with Gasteiger partial charge in [0.05, 0.1) is 0 Å². The Kier molecular flexibility index (Phi) is 4.72. The molecule has 1 aliphatic carbocycles. The maximum absolute atomic E-state index is 3.74. The van der Waals surface area contributed by atoms with Crippen molar-refractivity contribution in [1.82, 2.24) is 0 Å². The normalized spacial score (nSPS) is 30.2. The lowest BCUT2D eigenvalue weighted by Crippen LogP contribution is -2.30. The smallest absolute Gasteiger partial charge is 0.0367 e. The van der Waals surface area contributed by atoms with E-state index in [9.17, 15) is 0 Å². The molecule has 0 spiro atoms. The third-order valence-corrected chi connectivity index (χ3v) is 5.56. The van der Waals surface area contributed by atoms with E-state index in [0.717, 1.165) is 11.8 Å². The van der Waals surface area contributed by atoms with E-state index in [0.29, 0.717) is 6.04 Å². The predicted octanol–water partition coefficient (Wildman–Crippen LogP) is 4.91. The summed E-state index contributed by atoms with van der Waals surface area (Å²) in [6, 6.07) is 9.79. The quantitative estimate of drug-likeness (QED) is 0.849. The van der Waals surface area contributed by atoms with Crippen molar-refractivity contribution < 1.29 is 0 Å². The molecule has 1 saturated carbocycles. The van der Waals surface area contributed by atoms with Gasteiger partial charge in [0, 0.05) is 30.5 Å². The topological polar surface area (TPSA) is 15.3 Å². The van der Waals surface area contributed by atoms with Gasteiger partial charge in [-0.3, -0.25) is 0 Å². The third-order valence-electron chi connectivity index (χ3n) is 5.56. The molecule has 1 aliphatic heterocycles. The van der Waals surface area contributed by atoms with Crippen LogP contribution in [0, 0.1) is 11.8 Å². The molecule has 2 heteroatoms. The molecular weight excluding hydrogens is 256 g/mol. The average Bonchev–Trinajstić information content (AvgIpc) is 2.53. The summed E-state index contributed by atoms with van der Waals surface area (Å²) in [7, 11) is 0. The molecule has 1 N–H and O–H groups in total. The van der Waals surface area contributed by atoms with Gasteiger partial charge in [-0.05, 0) is 74.6 Å². The Labute approximate surface area is 129 Å². The molecule has 3 atom stereocenters. The first kappa shape index (κ1) is 14.7. The first-order valence-corrected chi connectivity index (χ1v) is 8.84. The van der Waals surface area contributed by atoms with Gasteiger partial charge in [-0.25, -0.2) is 0 Å². The standard InChI is InChI=1S/C19H30N2/c1-15-6-7-18(14-16(15)2)20-17-8-10-19(11-9-17)21-12-4-3-5-13-21/h8-11,15-16,18,20H,3-7,12-14H2,1-2H3. The molecule has 0 radical (unpaired) electrons. The van der Waals surface area contributed by atoms with Crippen LogP contribution in [0.5, 0.6) is 0 Å². The number of nitrogens with one attached hydrogen (secondary N) is 1. The fourth-order valence-corrected chi connectivity index (χ4v) is 3.83. The van der Waals surface area contributed by atoms with Gasteiger partial charge in [-0.1, -0.05) is 13.8 Å². The molecule has 1 heterocycles. The van der Waals surface area contributed by atoms with Gasteiger partial charge in [-0.2, -0.15) is 0 Å². The van der Waals surface area contributed by atoms with Crippen LogP contribution in [0.3, 0.4) is 0 Å². The van der Waals surface area contributed by atoms with Crippen LogP contribution in [0.25, 0.3) is 0 Å². The summed E-state index contributed by atoms with van der Waals surface area (Å²) >= 11 is 0. The minimum absolute atomic E-state index is 0.664. The molecule has 1 aromatic rings. The number of piperidine rings is 1. The molecule has 2 fully saturated rings. The highest BCUT2D eigenvalue weighted by Crippen LogP contribution is 2.31. The minimum atomic E-state index is 0.664. The highest BCUT2D eigenvalue weighted by atomic mass is 15.1. The first-order chi connectivity index (χ1) is 10.2. The number of hydrogen-bond acceptors (Lipinski definition) is 2. The Morgan fingerprint density at radius 3 is 2.29 bits per heavy atom. The predicted molar refractivity (Wildman–Crippen MR) is 92.1 cm³/mol. The number of benzene rings is 1. The molecule has 2 nitrogen and oxygen atoms in total. The van der Waals surface area contributed by atoms with Crippen LogP contribution >= 0.6 is 0 Å². The molecule has 1 saturated heterocycles. The van der Waals surface area contributed by atoms with E-state index >= 15 is 0 Å². The lowest BCUT2D eigenvalue weighted by atomic mass is 9.79. The van der Waals surface area contributed by atoms with Crippen molar-refractivity contribution in [3.05, 3.63) is 24.3 Å². The molecule has 116 valence electrons. The highest BCUT2D eigenvalue weighted by Gasteiger charge is 2.24. The number of anilines is 2. The van der Waals surface area contributed by atoms with Gasteiger partial charge < -0.3 is 10.2 Å². The zero-order chi connectivity index (χ0) is 14.7. The van der Waals surface area contributed by atoms with E-state index in [1.807, 2.05) is 0 Å². The van der Waals surface area contributed by atoms with E-state index < -0.39 is 0 Å². The van der Waals surface area contributed by atoms with Crippen molar-refractivity contribution in [2.45, 2.75) is 58.4 Å². The third kappa shape index (κ3) is 3.72. The summed E-state index contributed by atoms with van der Waals surface area (Å²) < 4.78 is 0. The van der Waals surface area contributed by atoms with Crippen LogP contribution < -0.4 is 10.2 Å². The van der Waals surface area contributed by atoms with Crippen LogP contribution in [0.4, 0.5) is 11.4 Å². The monoisotopic (exact) mass is 286 g/mol. The summed E-state index contributed by atoms with van der Waals surface area (Å²) in [5.74, 6) is 1.74. The van der Waals surface area contributed by atoms with Gasteiger partial charge >= 0.3 is 0 Å². The van der Waals surface area contributed by atoms with E-state index in [1.54, 1.807) is 0 Å². The number of hydrogen-bond donors (Lipinski definition) is 1. The van der Waals surface area contributed by atoms with Crippen LogP contribution in [-0.4, -0.2) is 19.1 Å². The fraction of sp³-hybridized carbons (Fsp3) is 0.684. The van der Waals surface area contributed by atoms with E-state index in [4.69, 9.17) is 0 Å². The molecular formula is C19H30N2. The SMILES string of the molecule is CC1CCC(Nc2ccc(N3CCCCC3)cc2)CC1C. The van der Waals surface area contributed by atoms with Gasteiger partial charge in [-0.15, -0.1) is 0 Å². The van der Waals surface area contributed by atoms with Crippen molar-refractivity contribution in [2.24, 2.45) is 11.8 Å². The summed E-state index contributed by atoms with van der Waals surface area (Å²) in [4.78, 5) is 2.53. The second-order valence-corrected chi connectivity index (χ2v) is 7.20. The number of nitrogens with zero attached hydrogens (tertiary/aromatic N) is 1. The van der Waals surface area contributed by atoms with Gasteiger partial charge in [0.2, 0.25) is 0 Å². The molecule has 0 amide bonds. The van der Waals surface area contributed by atoms with Crippen molar-refractivity contribution in [3.63, 3.8) is 0 Å². The summed E-state index contributed by atoms with van der Waals surface area (Å²) in [5, 5.41) is 3.74. The second kappa shape index (κ2) is 6.72. The van der Waals surface area contributed by atoms with Crippen LogP contribution in [-0.2, 0) is 0 Å². The van der Waals surface area contributed by atoms with Gasteiger partial charge in [0.15, 0.2) is 0 Å². The maximum Gasteiger partial charge on any atom is 0.0367 e. The van der Waals surface area contributed by atoms with E-state index in [2.05, 4.69) is 48.3 Å². The largest absolute Gasteiger partial charge is 0.382 e. The molecule has 2 aliphatic rings. The van der Waals surface area contributed by atoms with Crippen LogP contribution in [0.15, 0.2) is 24.3 Å². The van der Waals surface area contributed by atoms with E-state index in [1.165, 1.54) is 63.0 Å². The average molecular weight is 286 g/mol. The lowest BCUT2D eigenvalue weighted by molar-refractivity contribution is 0.261. The zero-order valence-corrected chi connectivity index (χ0v) is 13.6. The lowest BCUT2D eigenvalue weighted by Gasteiger charge is -2.33. The Hall–Kier alpha value is -1.18. The maximum atomic E-state index is 3.74. The van der Waals surface area contributed by atoms with Gasteiger partial charge in [0.25, 0.3) is 0 Å². The van der Waals surface area contributed by atoms with Crippen molar-refractivity contribution in [2.75, 3.05) is 23.3 Å². The second-order valence-electron chi connectivity index (χ2n) is 7.20. The fourth-order valence-electron chi connectivity index (χ4n) is 3.83. The molecule has 3 unspecified atom stereocenters. The summed E-state index contributed by atoms with van der Waals surface area (Å²) in [6.45, 7) is 7.25. The molecule has 0 aromatic heterocycles. The minimum Gasteiger partial charge on any atom is -0.382 e. The van der Waals surface area contributed by atoms with Crippen molar-refractivity contribution in [3.8, 4) is 0 Å². The Bertz CT molecular complexity index is 433. The summed E-state index contributed by atoms with van der Waals surface area (Å²) in [5.41, 5.74) is 2.69. The Morgan fingerprint density at radius 1 is 0.905 bits per heavy atom. The molecule has 21 heavy (non-hydrogen) atoms. The Morgan fingerprint density at radius 2 is 1.62 bits per heavy atom. The highest BCUT2D eigenvalue weighted by molar-refractivity contribution is 5.55. The number of rotatable bonds is 3. The van der Waals surface area contributed by atoms with E-state index in [-0.39, 0.29) is 0 Å². The molecule has 3 rings (SSSR count). The zero-order valence-electron chi connectivity index (χ0n) is 13.6. The molecule has 0 bridgehead atoms. The summed E-state index contributed by atoms with van der Waals surface area (Å²) in [6.07, 6.45) is 8.09. The Balaban J connectivity index is 1.57. The first-order valence-electron chi connectivity index (χ1n) is 8.84. The molecule has 1 aromatic carbocycles. The van der Waals surface area contributed by atoms with Crippen molar-refractivity contribution >= 4 is 11.4 Å².